The summed E-state index contributed by atoms with van der Waals surface area (Å²) in [5.41, 5.74) is 14.3. The number of rotatable bonds is 9. The summed E-state index contributed by atoms with van der Waals surface area (Å²) in [6.07, 6.45) is 0. The predicted molar refractivity (Wildman–Crippen MR) is 288 cm³/mol. The van der Waals surface area contributed by atoms with Crippen molar-refractivity contribution in [3.8, 4) is 39.1 Å². The average molecular weight is 942 g/mol. The number of aliphatic hydroxyl groups excluding tert-OH is 2. The molecule has 6 heteroatoms. The highest BCUT2D eigenvalue weighted by Crippen LogP contribution is 2.61. The molecule has 1 heterocycles. The fourth-order valence-electron chi connectivity index (χ4n) is 13.0. The lowest BCUT2D eigenvalue weighted by atomic mass is 9.68. The molecule has 3 aliphatic rings. The van der Waals surface area contributed by atoms with Crippen molar-refractivity contribution in [3.63, 3.8) is 0 Å². The van der Waals surface area contributed by atoms with Crippen LogP contribution in [0.25, 0.3) is 44.2 Å². The van der Waals surface area contributed by atoms with Crippen molar-refractivity contribution in [2.45, 2.75) is 29.5 Å². The van der Waals surface area contributed by atoms with Crippen LogP contribution in [0.5, 0.6) is 5.75 Å². The van der Waals surface area contributed by atoms with E-state index in [4.69, 9.17) is 19.7 Å². The maximum Gasteiger partial charge on any atom is 0.152 e. The van der Waals surface area contributed by atoms with Crippen molar-refractivity contribution in [2.75, 3.05) is 7.11 Å². The minimum atomic E-state index is -1.10. The molecular formula is C67H47N3O3. The van der Waals surface area contributed by atoms with Crippen molar-refractivity contribution in [1.29, 1.82) is 0 Å². The Kier molecular flexibility index (Phi) is 9.65. The van der Waals surface area contributed by atoms with E-state index in [-0.39, 0.29) is 13.2 Å². The van der Waals surface area contributed by atoms with Gasteiger partial charge in [-0.15, -0.1) is 0 Å². The molecule has 73 heavy (non-hydrogen) atoms. The molecule has 0 saturated carbocycles. The van der Waals surface area contributed by atoms with Crippen molar-refractivity contribution in [3.05, 3.63) is 309 Å². The number of nitrogens with zero attached hydrogens (tertiary/aromatic N) is 3. The van der Waals surface area contributed by atoms with Crippen LogP contribution in [-0.4, -0.2) is 32.3 Å². The van der Waals surface area contributed by atoms with Gasteiger partial charge in [-0.3, -0.25) is 0 Å². The molecule has 11 aromatic rings. The molecule has 0 saturated heterocycles. The number of ether oxygens (including phenoxy) is 1. The Bertz CT molecular complexity index is 3740. The summed E-state index contributed by atoms with van der Waals surface area (Å²) >= 11 is 0. The van der Waals surface area contributed by atoms with Crippen LogP contribution < -0.4 is 4.74 Å². The van der Waals surface area contributed by atoms with E-state index >= 15 is 0 Å². The molecule has 0 bridgehead atoms. The van der Waals surface area contributed by atoms with E-state index in [1.165, 1.54) is 0 Å². The van der Waals surface area contributed by atoms with Gasteiger partial charge in [-0.25, -0.2) is 15.0 Å². The monoisotopic (exact) mass is 941 g/mol. The number of benzene rings is 10. The SMILES string of the molecule is COc1ccc(C2(c3nc(C4(c5ccc(CO)cc5)c5ccccc5-c5ccccc54)nc(C4(c5ccc(CO)cc5)c5ccccc5-c5c4ccc4ccccc54)n3)c3ccccc3-c3ccccc32)cc1. The van der Waals surface area contributed by atoms with E-state index in [0.29, 0.717) is 17.5 Å². The van der Waals surface area contributed by atoms with E-state index in [1.54, 1.807) is 7.11 Å². The molecule has 1 aromatic heterocycles. The second kappa shape index (κ2) is 16.4. The van der Waals surface area contributed by atoms with Crippen LogP contribution in [0.15, 0.2) is 231 Å². The maximum absolute atomic E-state index is 10.5. The Morgan fingerprint density at radius 3 is 1.10 bits per heavy atom. The summed E-state index contributed by atoms with van der Waals surface area (Å²) in [5, 5.41) is 23.3. The van der Waals surface area contributed by atoms with Gasteiger partial charge in [-0.1, -0.05) is 218 Å². The first-order chi connectivity index (χ1) is 36.0. The summed E-state index contributed by atoms with van der Waals surface area (Å²) in [6, 6.07) is 81.7. The highest BCUT2D eigenvalue weighted by atomic mass is 16.5. The van der Waals surface area contributed by atoms with Gasteiger partial charge in [0, 0.05) is 0 Å². The van der Waals surface area contributed by atoms with Crippen LogP contribution >= 0.6 is 0 Å². The normalized spacial score (nSPS) is 16.0. The molecule has 10 aromatic carbocycles. The van der Waals surface area contributed by atoms with Crippen molar-refractivity contribution in [2.24, 2.45) is 0 Å². The number of aliphatic hydroxyl groups is 2. The van der Waals surface area contributed by atoms with Gasteiger partial charge in [0.1, 0.15) is 22.0 Å². The minimum absolute atomic E-state index is 0.0885. The van der Waals surface area contributed by atoms with E-state index in [1.807, 2.05) is 36.4 Å². The fraction of sp³-hybridized carbons (Fsp3) is 0.0896. The van der Waals surface area contributed by atoms with Crippen LogP contribution in [0.1, 0.15) is 78.7 Å². The predicted octanol–water partition coefficient (Wildman–Crippen LogP) is 13.1. The Morgan fingerprint density at radius 2 is 0.685 bits per heavy atom. The zero-order valence-corrected chi connectivity index (χ0v) is 40.0. The molecule has 3 aliphatic carbocycles. The number of fused-ring (bicyclic) bond motifs is 11. The Labute approximate surface area is 423 Å². The maximum atomic E-state index is 10.5. The highest BCUT2D eigenvalue weighted by Gasteiger charge is 2.56. The first-order valence-electron chi connectivity index (χ1n) is 24.9. The molecular weight excluding hydrogens is 895 g/mol. The van der Waals surface area contributed by atoms with Crippen molar-refractivity contribution in [1.82, 2.24) is 15.0 Å². The quantitative estimate of drug-likeness (QED) is 0.150. The molecule has 348 valence electrons. The lowest BCUT2D eigenvalue weighted by Crippen LogP contribution is -2.40. The summed E-state index contributed by atoms with van der Waals surface area (Å²) < 4.78 is 5.83. The molecule has 1 atom stereocenters. The molecule has 0 fully saturated rings. The third-order valence-electron chi connectivity index (χ3n) is 16.1. The number of hydrogen-bond donors (Lipinski definition) is 2. The van der Waals surface area contributed by atoms with E-state index in [9.17, 15) is 10.2 Å². The standard InChI is InChI=1S/C67H47N3O3/c1-73-48-37-35-47(36-38-48)66(57-23-11-6-18-52(57)53-19-7-12-24-58(53)66)63-68-62(65(45-31-26-42(40-71)27-32-45)55-21-9-4-16-50(55)51-17-5-10-22-56(51)65)69-64(70-63)67(46-33-28-43(41-72)29-34-46)59-25-13-8-20-54(59)61-49-15-3-2-14-44(49)30-39-60(61)67/h2-39,71-72H,40-41H2,1H3. The van der Waals surface area contributed by atoms with Crippen molar-refractivity contribution < 1.29 is 14.9 Å². The number of hydrogen-bond acceptors (Lipinski definition) is 6. The zero-order valence-electron chi connectivity index (χ0n) is 40.0. The zero-order chi connectivity index (χ0) is 48.9. The Morgan fingerprint density at radius 1 is 0.342 bits per heavy atom. The van der Waals surface area contributed by atoms with E-state index in [2.05, 4.69) is 194 Å². The van der Waals surface area contributed by atoms with Crippen LogP contribution in [0.4, 0.5) is 0 Å². The van der Waals surface area contributed by atoms with Crippen LogP contribution in [0.2, 0.25) is 0 Å². The minimum Gasteiger partial charge on any atom is -0.497 e. The summed E-state index contributed by atoms with van der Waals surface area (Å²) in [5.74, 6) is 2.49. The van der Waals surface area contributed by atoms with Crippen molar-refractivity contribution >= 4 is 10.8 Å². The lowest BCUT2D eigenvalue weighted by molar-refractivity contribution is 0.281. The molecule has 0 radical (unpaired) electrons. The molecule has 0 spiro atoms. The second-order valence-electron chi connectivity index (χ2n) is 19.4. The van der Waals surface area contributed by atoms with Gasteiger partial charge in [-0.2, -0.15) is 0 Å². The largest absolute Gasteiger partial charge is 0.497 e. The first kappa shape index (κ1) is 43.0. The fourth-order valence-corrected chi connectivity index (χ4v) is 13.0. The van der Waals surface area contributed by atoms with Crippen LogP contribution in [-0.2, 0) is 29.5 Å². The lowest BCUT2D eigenvalue weighted by Gasteiger charge is -2.38. The molecule has 0 amide bonds. The second-order valence-corrected chi connectivity index (χ2v) is 19.4. The highest BCUT2D eigenvalue weighted by molar-refractivity contribution is 6.04. The van der Waals surface area contributed by atoms with Gasteiger partial charge in [0.05, 0.1) is 20.3 Å². The summed E-state index contributed by atoms with van der Waals surface area (Å²) in [7, 11) is 1.70. The van der Waals surface area contributed by atoms with Gasteiger partial charge < -0.3 is 14.9 Å². The number of aromatic nitrogens is 3. The van der Waals surface area contributed by atoms with Gasteiger partial charge in [0.15, 0.2) is 17.5 Å². The molecule has 0 aliphatic heterocycles. The van der Waals surface area contributed by atoms with E-state index < -0.39 is 16.2 Å². The Hall–Kier alpha value is -8.81. The average Bonchev–Trinajstić information content (AvgIpc) is 4.07. The van der Waals surface area contributed by atoms with Crippen LogP contribution in [0.3, 0.4) is 0 Å². The first-order valence-corrected chi connectivity index (χ1v) is 24.9. The summed E-state index contributed by atoms with van der Waals surface area (Å²) in [4.78, 5) is 18.4. The van der Waals surface area contributed by atoms with Gasteiger partial charge in [0.2, 0.25) is 0 Å². The van der Waals surface area contributed by atoms with Crippen LogP contribution in [0, 0.1) is 0 Å². The molecule has 1 unspecified atom stereocenters. The summed E-state index contributed by atoms with van der Waals surface area (Å²) in [6.45, 7) is -0.181. The number of methoxy groups -OCH3 is 1. The molecule has 14 rings (SSSR count). The smallest absolute Gasteiger partial charge is 0.152 e. The topological polar surface area (TPSA) is 88.4 Å². The Balaban J connectivity index is 1.22. The van der Waals surface area contributed by atoms with E-state index in [0.717, 1.165) is 111 Å². The van der Waals surface area contributed by atoms with Gasteiger partial charge in [-0.05, 0) is 117 Å². The van der Waals surface area contributed by atoms with Gasteiger partial charge in [0.25, 0.3) is 0 Å². The third kappa shape index (κ3) is 5.79. The third-order valence-corrected chi connectivity index (χ3v) is 16.1. The van der Waals surface area contributed by atoms with Gasteiger partial charge >= 0.3 is 0 Å². The molecule has 6 nitrogen and oxygen atoms in total. The molecule has 2 N–H and O–H groups in total.